The van der Waals surface area contributed by atoms with Gasteiger partial charge in [0, 0.05) is 13.1 Å². The topological polar surface area (TPSA) is 29.5 Å². The summed E-state index contributed by atoms with van der Waals surface area (Å²) in [5, 5.41) is 0. The Hall–Kier alpha value is -2.13. The summed E-state index contributed by atoms with van der Waals surface area (Å²) in [5.41, 5.74) is 2.95. The third kappa shape index (κ3) is 6.71. The monoisotopic (exact) mass is 339 g/mol. The van der Waals surface area contributed by atoms with Crippen molar-refractivity contribution >= 4 is 6.47 Å². The van der Waals surface area contributed by atoms with E-state index < -0.39 is 0 Å². The van der Waals surface area contributed by atoms with E-state index in [1.807, 2.05) is 0 Å². The maximum absolute atomic E-state index is 9.18. The Kier molecular flexibility index (Phi) is 8.20. The molecule has 25 heavy (non-hydrogen) atoms. The number of carbonyl (C=O) groups is 1. The number of carbonyl (C=O) groups excluding carboxylic acids is 1. The summed E-state index contributed by atoms with van der Waals surface area (Å²) < 4.78 is 4.15. The minimum atomic E-state index is 0.431. The Balaban J connectivity index is 0.000000399. The normalized spacial score (nSPS) is 22.6. The standard InChI is InChI=1S/C19H23N.C3H6O2/c1-16-7-5-6-10-18(13-16)19-11-12-20(15-19)14-17-8-3-2-4-9-17;1-2-5-3-4/h2-10,13,16,19H,11-12,14-15H2,1H3;3H,2H2,1H3. The van der Waals surface area contributed by atoms with E-state index in [9.17, 15) is 4.79 Å². The molecule has 3 rings (SSSR count). The lowest BCUT2D eigenvalue weighted by molar-refractivity contribution is -0.128. The predicted octanol–water partition coefficient (Wildman–Crippen LogP) is 4.38. The van der Waals surface area contributed by atoms with Gasteiger partial charge in [-0.05, 0) is 42.9 Å². The molecule has 0 N–H and O–H groups in total. The highest BCUT2D eigenvalue weighted by Gasteiger charge is 2.24. The van der Waals surface area contributed by atoms with E-state index in [4.69, 9.17) is 0 Å². The molecular weight excluding hydrogens is 310 g/mol. The van der Waals surface area contributed by atoms with Crippen molar-refractivity contribution in [1.29, 1.82) is 0 Å². The maximum atomic E-state index is 9.18. The molecule has 1 aliphatic carbocycles. The molecule has 2 aliphatic rings. The average molecular weight is 339 g/mol. The highest BCUT2D eigenvalue weighted by Crippen LogP contribution is 2.28. The minimum absolute atomic E-state index is 0.431. The van der Waals surface area contributed by atoms with Crippen LogP contribution in [0, 0.1) is 11.8 Å². The molecule has 3 heteroatoms. The van der Waals surface area contributed by atoms with E-state index in [0.29, 0.717) is 24.9 Å². The Labute approximate surface area is 151 Å². The highest BCUT2D eigenvalue weighted by molar-refractivity contribution is 5.36. The third-order valence-corrected chi connectivity index (χ3v) is 4.50. The number of ether oxygens (including phenoxy) is 1. The van der Waals surface area contributed by atoms with Gasteiger partial charge in [0.15, 0.2) is 0 Å². The van der Waals surface area contributed by atoms with Crippen molar-refractivity contribution in [2.75, 3.05) is 19.7 Å². The van der Waals surface area contributed by atoms with Crippen molar-refractivity contribution in [3.63, 3.8) is 0 Å². The molecule has 1 heterocycles. The minimum Gasteiger partial charge on any atom is -0.468 e. The number of allylic oxidation sites excluding steroid dienone is 5. The molecule has 1 saturated heterocycles. The fraction of sp³-hybridized carbons (Fsp3) is 0.409. The Bertz CT molecular complexity index is 604. The first-order valence-electron chi connectivity index (χ1n) is 9.11. The van der Waals surface area contributed by atoms with E-state index in [-0.39, 0.29) is 0 Å². The summed E-state index contributed by atoms with van der Waals surface area (Å²) >= 11 is 0. The number of rotatable bonds is 5. The van der Waals surface area contributed by atoms with Gasteiger partial charge in [0.1, 0.15) is 0 Å². The fourth-order valence-corrected chi connectivity index (χ4v) is 3.25. The lowest BCUT2D eigenvalue weighted by Gasteiger charge is -2.17. The van der Waals surface area contributed by atoms with E-state index in [0.717, 1.165) is 6.54 Å². The molecule has 1 aromatic rings. The second-order valence-corrected chi connectivity index (χ2v) is 6.53. The molecule has 0 aromatic heterocycles. The van der Waals surface area contributed by atoms with Crippen molar-refractivity contribution in [1.82, 2.24) is 4.90 Å². The van der Waals surface area contributed by atoms with Gasteiger partial charge in [-0.3, -0.25) is 9.69 Å². The van der Waals surface area contributed by atoms with Gasteiger partial charge in [0.05, 0.1) is 6.61 Å². The molecule has 3 nitrogen and oxygen atoms in total. The van der Waals surface area contributed by atoms with Crippen molar-refractivity contribution in [3.8, 4) is 0 Å². The van der Waals surface area contributed by atoms with Gasteiger partial charge in [0.2, 0.25) is 0 Å². The van der Waals surface area contributed by atoms with E-state index in [2.05, 4.69) is 77.3 Å². The number of benzene rings is 1. The molecule has 0 radical (unpaired) electrons. The van der Waals surface area contributed by atoms with Gasteiger partial charge in [-0.2, -0.15) is 0 Å². The summed E-state index contributed by atoms with van der Waals surface area (Å²) in [6.45, 7) is 8.42. The van der Waals surface area contributed by atoms with Crippen molar-refractivity contribution in [2.45, 2.75) is 26.8 Å². The zero-order valence-corrected chi connectivity index (χ0v) is 15.3. The van der Waals surface area contributed by atoms with Crippen molar-refractivity contribution < 1.29 is 9.53 Å². The maximum Gasteiger partial charge on any atom is 0.293 e. The molecule has 1 aliphatic heterocycles. The number of nitrogens with zero attached hydrogens (tertiary/aromatic N) is 1. The largest absolute Gasteiger partial charge is 0.468 e. The SMILES string of the molecule is CC1C=CC=CC(C2CCN(Cc3ccccc3)C2)=C1.CCOC=O. The van der Waals surface area contributed by atoms with Crippen LogP contribution in [0.25, 0.3) is 0 Å². The van der Waals surface area contributed by atoms with Crippen LogP contribution in [-0.4, -0.2) is 31.1 Å². The van der Waals surface area contributed by atoms with E-state index >= 15 is 0 Å². The zero-order chi connectivity index (χ0) is 17.9. The third-order valence-electron chi connectivity index (χ3n) is 4.50. The van der Waals surface area contributed by atoms with Crippen LogP contribution in [0.2, 0.25) is 0 Å². The first kappa shape index (κ1) is 19.2. The first-order valence-corrected chi connectivity index (χ1v) is 9.11. The van der Waals surface area contributed by atoms with Crippen LogP contribution in [0.5, 0.6) is 0 Å². The molecule has 0 amide bonds. The number of hydrogen-bond acceptors (Lipinski definition) is 3. The predicted molar refractivity (Wildman–Crippen MR) is 103 cm³/mol. The van der Waals surface area contributed by atoms with Crippen LogP contribution in [0.3, 0.4) is 0 Å². The molecule has 2 unspecified atom stereocenters. The van der Waals surface area contributed by atoms with Gasteiger partial charge >= 0.3 is 0 Å². The number of likely N-dealkylation sites (tertiary alicyclic amines) is 1. The lowest BCUT2D eigenvalue weighted by Crippen LogP contribution is -2.20. The van der Waals surface area contributed by atoms with Crippen LogP contribution >= 0.6 is 0 Å². The summed E-state index contributed by atoms with van der Waals surface area (Å²) in [4.78, 5) is 11.8. The molecule has 0 saturated carbocycles. The summed E-state index contributed by atoms with van der Waals surface area (Å²) in [6.07, 6.45) is 12.6. The van der Waals surface area contributed by atoms with Gasteiger partial charge in [0.25, 0.3) is 6.47 Å². The molecule has 1 aromatic carbocycles. The Morgan fingerprint density at radius 3 is 2.72 bits per heavy atom. The van der Waals surface area contributed by atoms with Crippen LogP contribution in [0.15, 0.2) is 66.3 Å². The lowest BCUT2D eigenvalue weighted by atomic mass is 9.95. The zero-order valence-electron chi connectivity index (χ0n) is 15.3. The molecule has 0 spiro atoms. The summed E-state index contributed by atoms with van der Waals surface area (Å²) in [7, 11) is 0. The van der Waals surface area contributed by atoms with Crippen LogP contribution in [0.1, 0.15) is 25.8 Å². The second-order valence-electron chi connectivity index (χ2n) is 6.53. The number of hydrogen-bond donors (Lipinski definition) is 0. The molecule has 2 atom stereocenters. The van der Waals surface area contributed by atoms with E-state index in [1.165, 1.54) is 30.6 Å². The van der Waals surface area contributed by atoms with E-state index in [1.54, 1.807) is 6.92 Å². The molecular formula is C22H29NO2. The Morgan fingerprint density at radius 1 is 1.24 bits per heavy atom. The van der Waals surface area contributed by atoms with Crippen LogP contribution in [-0.2, 0) is 16.1 Å². The quantitative estimate of drug-likeness (QED) is 0.746. The average Bonchev–Trinajstić information content (AvgIpc) is 2.97. The van der Waals surface area contributed by atoms with Gasteiger partial charge in [-0.15, -0.1) is 0 Å². The summed E-state index contributed by atoms with van der Waals surface area (Å²) in [6, 6.07) is 10.8. The smallest absolute Gasteiger partial charge is 0.293 e. The molecule has 134 valence electrons. The van der Waals surface area contributed by atoms with Gasteiger partial charge < -0.3 is 4.74 Å². The van der Waals surface area contributed by atoms with Gasteiger partial charge in [-0.1, -0.05) is 67.6 Å². The van der Waals surface area contributed by atoms with Crippen LogP contribution < -0.4 is 0 Å². The molecule has 0 bridgehead atoms. The van der Waals surface area contributed by atoms with Crippen molar-refractivity contribution in [2.24, 2.45) is 11.8 Å². The fourth-order valence-electron chi connectivity index (χ4n) is 3.25. The second kappa shape index (κ2) is 10.7. The van der Waals surface area contributed by atoms with Crippen molar-refractivity contribution in [3.05, 3.63) is 71.8 Å². The van der Waals surface area contributed by atoms with Gasteiger partial charge in [-0.25, -0.2) is 0 Å². The Morgan fingerprint density at radius 2 is 2.04 bits per heavy atom. The first-order chi connectivity index (χ1) is 12.2. The highest BCUT2D eigenvalue weighted by atomic mass is 16.5. The summed E-state index contributed by atoms with van der Waals surface area (Å²) in [5.74, 6) is 1.26. The molecule has 1 fully saturated rings. The van der Waals surface area contributed by atoms with Crippen LogP contribution in [0.4, 0.5) is 0 Å².